The van der Waals surface area contributed by atoms with Crippen LogP contribution >= 0.6 is 0 Å². The zero-order valence-electron chi connectivity index (χ0n) is 21.0. The third-order valence-corrected chi connectivity index (χ3v) is 5.57. The molecule has 7 heteroatoms. The van der Waals surface area contributed by atoms with Crippen LogP contribution < -0.4 is 5.32 Å². The predicted molar refractivity (Wildman–Crippen MR) is 134 cm³/mol. The third-order valence-electron chi connectivity index (χ3n) is 5.57. The lowest BCUT2D eigenvalue weighted by Crippen LogP contribution is -2.54. The van der Waals surface area contributed by atoms with Crippen LogP contribution in [0.2, 0.25) is 0 Å². The Bertz CT molecular complexity index is 995. The van der Waals surface area contributed by atoms with Crippen molar-refractivity contribution in [1.82, 2.24) is 5.32 Å². The van der Waals surface area contributed by atoms with E-state index < -0.39 is 23.6 Å². The Morgan fingerprint density at radius 2 is 1.43 bits per heavy atom. The fraction of sp³-hybridized carbons (Fsp3) is 0.429. The summed E-state index contributed by atoms with van der Waals surface area (Å²) in [4.78, 5) is 47.1. The van der Waals surface area contributed by atoms with Crippen molar-refractivity contribution in [2.75, 3.05) is 6.61 Å². The first-order valence-corrected chi connectivity index (χ1v) is 12.0. The lowest BCUT2D eigenvalue weighted by Gasteiger charge is -2.33. The smallest absolute Gasteiger partial charge is 0.304 e. The number of hydrogen-bond acceptors (Lipinski definition) is 6. The fourth-order valence-electron chi connectivity index (χ4n) is 3.83. The molecule has 0 aliphatic rings. The highest BCUT2D eigenvalue weighted by Crippen LogP contribution is 2.23. The molecule has 0 bridgehead atoms. The van der Waals surface area contributed by atoms with Gasteiger partial charge in [-0.1, -0.05) is 68.3 Å². The first-order chi connectivity index (χ1) is 16.6. The van der Waals surface area contributed by atoms with Gasteiger partial charge in [0, 0.05) is 39.2 Å². The van der Waals surface area contributed by atoms with E-state index in [0.29, 0.717) is 12.8 Å². The van der Waals surface area contributed by atoms with Crippen LogP contribution in [-0.2, 0) is 30.3 Å². The molecule has 0 aromatic heterocycles. The highest BCUT2D eigenvalue weighted by molar-refractivity contribution is 5.96. The predicted octanol–water partition coefficient (Wildman–Crippen LogP) is 5.01. The van der Waals surface area contributed by atoms with Gasteiger partial charge < -0.3 is 14.8 Å². The number of Topliss-reactive ketones (excluding diaryl/α,β-unsaturated/α-hetero) is 1. The molecule has 0 saturated carbocycles. The molecule has 0 radical (unpaired) electrons. The highest BCUT2D eigenvalue weighted by atomic mass is 16.6. The number of unbranched alkanes of at least 4 members (excludes halogenated alkanes) is 2. The molecule has 1 N–H and O–H groups in total. The molecular formula is C28H35NO6. The zero-order valence-corrected chi connectivity index (χ0v) is 21.0. The minimum atomic E-state index is -1.44. The van der Waals surface area contributed by atoms with Crippen LogP contribution in [0.25, 0.3) is 11.1 Å². The second-order valence-electron chi connectivity index (χ2n) is 8.70. The van der Waals surface area contributed by atoms with Gasteiger partial charge >= 0.3 is 11.9 Å². The molecule has 0 saturated heterocycles. The summed E-state index contributed by atoms with van der Waals surface area (Å²) in [7, 11) is 0. The molecular weight excluding hydrogens is 446 g/mol. The summed E-state index contributed by atoms with van der Waals surface area (Å²) < 4.78 is 10.5. The SMILES string of the molecule is CCCCCC(=O)c1ccc(-c2ccc(CCC(COC(C)=O)(NC(C)=O)OC(C)=O)cc2)cc1. The maximum absolute atomic E-state index is 12.3. The van der Waals surface area contributed by atoms with Crippen LogP contribution in [0.1, 0.15) is 75.7 Å². The first-order valence-electron chi connectivity index (χ1n) is 12.0. The molecule has 0 heterocycles. The maximum atomic E-state index is 12.3. The Hall–Kier alpha value is -3.48. The van der Waals surface area contributed by atoms with Gasteiger partial charge in [-0.15, -0.1) is 0 Å². The van der Waals surface area contributed by atoms with Crippen molar-refractivity contribution in [2.24, 2.45) is 0 Å². The fourth-order valence-corrected chi connectivity index (χ4v) is 3.83. The lowest BCUT2D eigenvalue weighted by molar-refractivity contribution is -0.178. The van der Waals surface area contributed by atoms with Crippen molar-refractivity contribution in [1.29, 1.82) is 0 Å². The summed E-state index contributed by atoms with van der Waals surface area (Å²) in [5.41, 5.74) is 2.26. The highest BCUT2D eigenvalue weighted by Gasteiger charge is 2.36. The van der Waals surface area contributed by atoms with Crippen molar-refractivity contribution in [3.8, 4) is 11.1 Å². The number of aryl methyl sites for hydroxylation is 1. The molecule has 2 aromatic rings. The minimum absolute atomic E-state index is 0.171. The molecule has 188 valence electrons. The summed E-state index contributed by atoms with van der Waals surface area (Å²) >= 11 is 0. The number of esters is 2. The standard InChI is InChI=1S/C28H35NO6/c1-5-6-7-8-27(33)26-15-13-25(14-16-26)24-11-9-23(10-12-24)17-18-28(29-20(2)30,35-22(4)32)19-34-21(3)31/h9-16H,5-8,17-19H2,1-4H3,(H,29,30). The van der Waals surface area contributed by atoms with Gasteiger partial charge in [-0.25, -0.2) is 0 Å². The van der Waals surface area contributed by atoms with Crippen LogP contribution in [0.3, 0.4) is 0 Å². The Morgan fingerprint density at radius 3 is 1.94 bits per heavy atom. The van der Waals surface area contributed by atoms with Crippen LogP contribution in [-0.4, -0.2) is 36.0 Å². The van der Waals surface area contributed by atoms with E-state index in [4.69, 9.17) is 9.47 Å². The molecule has 0 aliphatic heterocycles. The number of ether oxygens (including phenoxy) is 2. The summed E-state index contributed by atoms with van der Waals surface area (Å²) in [5, 5.41) is 2.63. The van der Waals surface area contributed by atoms with Gasteiger partial charge in [0.1, 0.15) is 0 Å². The van der Waals surface area contributed by atoms with Gasteiger partial charge in [0.15, 0.2) is 12.4 Å². The van der Waals surface area contributed by atoms with Gasteiger partial charge in [-0.2, -0.15) is 0 Å². The van der Waals surface area contributed by atoms with Crippen LogP contribution in [0.5, 0.6) is 0 Å². The molecule has 1 unspecified atom stereocenters. The van der Waals surface area contributed by atoms with Crippen molar-refractivity contribution in [3.63, 3.8) is 0 Å². The number of rotatable bonds is 13. The maximum Gasteiger partial charge on any atom is 0.304 e. The lowest BCUT2D eigenvalue weighted by atomic mass is 9.97. The number of hydrogen-bond donors (Lipinski definition) is 1. The number of ketones is 1. The molecule has 0 fully saturated rings. The van der Waals surface area contributed by atoms with Gasteiger partial charge in [-0.05, 0) is 29.5 Å². The summed E-state index contributed by atoms with van der Waals surface area (Å²) in [5.74, 6) is -1.36. The van der Waals surface area contributed by atoms with Crippen molar-refractivity contribution >= 4 is 23.6 Å². The molecule has 1 amide bonds. The molecule has 2 aromatic carbocycles. The number of carbonyl (C=O) groups excluding carboxylic acids is 4. The van der Waals surface area contributed by atoms with E-state index in [1.54, 1.807) is 0 Å². The number of benzene rings is 2. The average Bonchev–Trinajstić information content (AvgIpc) is 2.81. The molecule has 2 rings (SSSR count). The van der Waals surface area contributed by atoms with E-state index in [1.165, 1.54) is 20.8 Å². The van der Waals surface area contributed by atoms with Crippen LogP contribution in [0.15, 0.2) is 48.5 Å². The number of amides is 1. The molecule has 7 nitrogen and oxygen atoms in total. The van der Waals surface area contributed by atoms with Crippen molar-refractivity contribution in [2.45, 2.75) is 71.9 Å². The molecule has 0 aliphatic carbocycles. The van der Waals surface area contributed by atoms with Crippen molar-refractivity contribution < 1.29 is 28.7 Å². The molecule has 35 heavy (non-hydrogen) atoms. The summed E-state index contributed by atoms with van der Waals surface area (Å²) in [6.45, 7) is 5.64. The van der Waals surface area contributed by atoms with E-state index >= 15 is 0 Å². The Labute approximate surface area is 207 Å². The third kappa shape index (κ3) is 9.35. The van der Waals surface area contributed by atoms with E-state index in [9.17, 15) is 19.2 Å². The van der Waals surface area contributed by atoms with Gasteiger partial charge in [0.25, 0.3) is 0 Å². The Morgan fingerprint density at radius 1 is 0.829 bits per heavy atom. The summed E-state index contributed by atoms with van der Waals surface area (Å²) in [6, 6.07) is 15.5. The quantitative estimate of drug-likeness (QED) is 0.187. The minimum Gasteiger partial charge on any atom is -0.459 e. The second-order valence-corrected chi connectivity index (χ2v) is 8.70. The van der Waals surface area contributed by atoms with E-state index in [2.05, 4.69) is 12.2 Å². The number of nitrogens with one attached hydrogen (secondary N) is 1. The Balaban J connectivity index is 2.09. The zero-order chi connectivity index (χ0) is 25.8. The largest absolute Gasteiger partial charge is 0.459 e. The van der Waals surface area contributed by atoms with Gasteiger partial charge in [-0.3, -0.25) is 19.2 Å². The van der Waals surface area contributed by atoms with E-state index in [1.807, 2.05) is 48.5 Å². The topological polar surface area (TPSA) is 98.8 Å². The van der Waals surface area contributed by atoms with Crippen LogP contribution in [0, 0.1) is 0 Å². The van der Waals surface area contributed by atoms with Gasteiger partial charge in [0.2, 0.25) is 11.6 Å². The second kappa shape index (κ2) is 13.4. The first kappa shape index (κ1) is 27.8. The van der Waals surface area contributed by atoms with E-state index in [-0.39, 0.29) is 18.8 Å². The summed E-state index contributed by atoms with van der Waals surface area (Å²) in [6.07, 6.45) is 4.35. The van der Waals surface area contributed by atoms with Gasteiger partial charge in [0.05, 0.1) is 0 Å². The van der Waals surface area contributed by atoms with Crippen molar-refractivity contribution in [3.05, 3.63) is 59.7 Å². The molecule has 0 spiro atoms. The average molecular weight is 482 g/mol. The normalized spacial score (nSPS) is 12.3. The van der Waals surface area contributed by atoms with E-state index in [0.717, 1.165) is 41.5 Å². The number of carbonyl (C=O) groups is 4. The monoisotopic (exact) mass is 481 g/mol. The Kier molecular flexibility index (Phi) is 10.6. The molecule has 1 atom stereocenters. The van der Waals surface area contributed by atoms with Crippen LogP contribution in [0.4, 0.5) is 0 Å².